The Morgan fingerprint density at radius 2 is 2.04 bits per heavy atom. The summed E-state index contributed by atoms with van der Waals surface area (Å²) in [5.74, 6) is -0.452. The fraction of sp³-hybridized carbons (Fsp3) is 0.353. The Balaban J connectivity index is 2.03. The molecule has 23 heavy (non-hydrogen) atoms. The number of ether oxygens (including phenoxy) is 1. The number of aromatic nitrogens is 2. The zero-order valence-electron chi connectivity index (χ0n) is 13.4. The number of benzene rings is 1. The standard InChI is InChI=1S/C17H21N3O3/c1-3-9-23-17(22)13-20-16(21)10-15(11-18-20)19(2)12-14-7-5-4-6-8-14/h4-8,10-11H,3,9,12-13H2,1-2H3. The van der Waals surface area contributed by atoms with Gasteiger partial charge in [-0.05, 0) is 12.0 Å². The van der Waals surface area contributed by atoms with E-state index in [1.54, 1.807) is 6.20 Å². The molecule has 2 aromatic rings. The molecule has 0 unspecified atom stereocenters. The van der Waals surface area contributed by atoms with E-state index in [9.17, 15) is 9.59 Å². The minimum absolute atomic E-state index is 0.165. The van der Waals surface area contributed by atoms with Crippen LogP contribution in [0.15, 0.2) is 47.4 Å². The van der Waals surface area contributed by atoms with E-state index in [1.165, 1.54) is 6.07 Å². The molecule has 6 heteroatoms. The number of esters is 1. The molecule has 0 fully saturated rings. The molecule has 0 radical (unpaired) electrons. The van der Waals surface area contributed by atoms with E-state index >= 15 is 0 Å². The highest BCUT2D eigenvalue weighted by Crippen LogP contribution is 2.11. The topological polar surface area (TPSA) is 64.4 Å². The molecule has 6 nitrogen and oxygen atoms in total. The molecule has 0 amide bonds. The van der Waals surface area contributed by atoms with Gasteiger partial charge in [0.15, 0.2) is 0 Å². The molecule has 0 bridgehead atoms. The summed E-state index contributed by atoms with van der Waals surface area (Å²) in [6.45, 7) is 2.77. The van der Waals surface area contributed by atoms with Gasteiger partial charge in [0.25, 0.3) is 5.56 Å². The van der Waals surface area contributed by atoms with Crippen molar-refractivity contribution in [2.75, 3.05) is 18.6 Å². The molecule has 0 spiro atoms. The van der Waals surface area contributed by atoms with Crippen LogP contribution in [-0.4, -0.2) is 29.4 Å². The third kappa shape index (κ3) is 4.95. The van der Waals surface area contributed by atoms with Crippen LogP contribution in [0, 0.1) is 0 Å². The first-order valence-electron chi connectivity index (χ1n) is 7.58. The Morgan fingerprint density at radius 1 is 1.30 bits per heavy atom. The lowest BCUT2D eigenvalue weighted by molar-refractivity contribution is -0.144. The maximum atomic E-state index is 12.1. The highest BCUT2D eigenvalue weighted by Gasteiger charge is 2.09. The highest BCUT2D eigenvalue weighted by molar-refractivity contribution is 5.69. The lowest BCUT2D eigenvalue weighted by Gasteiger charge is -2.19. The van der Waals surface area contributed by atoms with Gasteiger partial charge in [0, 0.05) is 19.7 Å². The summed E-state index contributed by atoms with van der Waals surface area (Å²) in [7, 11) is 1.89. The molecular weight excluding hydrogens is 294 g/mol. The van der Waals surface area contributed by atoms with Crippen LogP contribution in [0.3, 0.4) is 0 Å². The van der Waals surface area contributed by atoms with Crippen molar-refractivity contribution in [1.29, 1.82) is 0 Å². The quantitative estimate of drug-likeness (QED) is 0.729. The minimum Gasteiger partial charge on any atom is -0.464 e. The second-order valence-corrected chi connectivity index (χ2v) is 5.27. The van der Waals surface area contributed by atoms with Gasteiger partial charge in [0.2, 0.25) is 0 Å². The van der Waals surface area contributed by atoms with E-state index in [4.69, 9.17) is 4.74 Å². The lowest BCUT2D eigenvalue weighted by atomic mass is 10.2. The fourth-order valence-corrected chi connectivity index (χ4v) is 2.08. The van der Waals surface area contributed by atoms with E-state index < -0.39 is 5.97 Å². The molecule has 1 heterocycles. The molecule has 0 aliphatic rings. The third-order valence-electron chi connectivity index (χ3n) is 3.30. The molecule has 0 N–H and O–H groups in total. The SMILES string of the molecule is CCCOC(=O)Cn1ncc(N(C)Cc2ccccc2)cc1=O. The van der Waals surface area contributed by atoms with Gasteiger partial charge in [0.1, 0.15) is 6.54 Å². The normalized spacial score (nSPS) is 10.3. The molecule has 0 aliphatic heterocycles. The second-order valence-electron chi connectivity index (χ2n) is 5.27. The number of carbonyl (C=O) groups excluding carboxylic acids is 1. The average molecular weight is 315 g/mol. The van der Waals surface area contributed by atoms with Gasteiger partial charge < -0.3 is 9.64 Å². The molecule has 2 rings (SSSR count). The van der Waals surface area contributed by atoms with Crippen molar-refractivity contribution in [3.8, 4) is 0 Å². The van der Waals surface area contributed by atoms with Crippen molar-refractivity contribution in [2.45, 2.75) is 26.4 Å². The fourth-order valence-electron chi connectivity index (χ4n) is 2.08. The summed E-state index contributed by atoms with van der Waals surface area (Å²) >= 11 is 0. The van der Waals surface area contributed by atoms with Crippen molar-refractivity contribution in [3.05, 3.63) is 58.5 Å². The van der Waals surface area contributed by atoms with Gasteiger partial charge >= 0.3 is 5.97 Å². The van der Waals surface area contributed by atoms with Crippen molar-refractivity contribution < 1.29 is 9.53 Å². The van der Waals surface area contributed by atoms with Crippen molar-refractivity contribution in [2.24, 2.45) is 0 Å². The van der Waals surface area contributed by atoms with Crippen molar-refractivity contribution in [1.82, 2.24) is 9.78 Å². The average Bonchev–Trinajstić information content (AvgIpc) is 2.55. The van der Waals surface area contributed by atoms with E-state index in [2.05, 4.69) is 5.10 Å². The summed E-state index contributed by atoms with van der Waals surface area (Å²) < 4.78 is 6.07. The maximum Gasteiger partial charge on any atom is 0.327 e. The van der Waals surface area contributed by atoms with Gasteiger partial charge in [-0.15, -0.1) is 0 Å². The lowest BCUT2D eigenvalue weighted by Crippen LogP contribution is -2.29. The van der Waals surface area contributed by atoms with Crippen LogP contribution in [0.1, 0.15) is 18.9 Å². The van der Waals surface area contributed by atoms with Gasteiger partial charge in [-0.1, -0.05) is 37.3 Å². The van der Waals surface area contributed by atoms with E-state index in [0.717, 1.165) is 16.7 Å². The minimum atomic E-state index is -0.452. The Hall–Kier alpha value is -2.63. The van der Waals surface area contributed by atoms with Crippen LogP contribution in [0.25, 0.3) is 0 Å². The smallest absolute Gasteiger partial charge is 0.327 e. The summed E-state index contributed by atoms with van der Waals surface area (Å²) in [6, 6.07) is 11.4. The van der Waals surface area contributed by atoms with Crippen LogP contribution >= 0.6 is 0 Å². The summed E-state index contributed by atoms with van der Waals surface area (Å²) in [5.41, 5.74) is 1.52. The number of carbonyl (C=O) groups is 1. The zero-order chi connectivity index (χ0) is 16.7. The van der Waals surface area contributed by atoms with Crippen LogP contribution < -0.4 is 10.5 Å². The van der Waals surface area contributed by atoms with Crippen LogP contribution in [0.5, 0.6) is 0 Å². The highest BCUT2D eigenvalue weighted by atomic mass is 16.5. The number of nitrogens with zero attached hydrogens (tertiary/aromatic N) is 3. The van der Waals surface area contributed by atoms with E-state index in [0.29, 0.717) is 18.8 Å². The maximum absolute atomic E-state index is 12.1. The number of hydrogen-bond acceptors (Lipinski definition) is 5. The molecule has 0 atom stereocenters. The molecule has 0 aliphatic carbocycles. The van der Waals surface area contributed by atoms with Crippen molar-refractivity contribution >= 4 is 11.7 Å². The monoisotopic (exact) mass is 315 g/mol. The summed E-state index contributed by atoms with van der Waals surface area (Å²) in [5, 5.41) is 4.05. The van der Waals surface area contributed by atoms with Gasteiger partial charge in [-0.3, -0.25) is 9.59 Å². The van der Waals surface area contributed by atoms with Gasteiger partial charge in [-0.2, -0.15) is 5.10 Å². The van der Waals surface area contributed by atoms with Crippen LogP contribution in [0.2, 0.25) is 0 Å². The second kappa shape index (κ2) is 8.12. The third-order valence-corrected chi connectivity index (χ3v) is 3.30. The summed E-state index contributed by atoms with van der Waals surface area (Å²) in [6.07, 6.45) is 2.33. The Bertz CT molecular complexity index is 698. The first kappa shape index (κ1) is 16.7. The first-order chi connectivity index (χ1) is 11.1. The zero-order valence-corrected chi connectivity index (χ0v) is 13.4. The molecular formula is C17H21N3O3. The Kier molecular flexibility index (Phi) is 5.91. The van der Waals surface area contributed by atoms with Crippen LogP contribution in [0.4, 0.5) is 5.69 Å². The van der Waals surface area contributed by atoms with E-state index in [1.807, 2.05) is 49.2 Å². The van der Waals surface area contributed by atoms with E-state index in [-0.39, 0.29) is 12.1 Å². The Morgan fingerprint density at radius 3 is 2.70 bits per heavy atom. The van der Waals surface area contributed by atoms with Crippen molar-refractivity contribution in [3.63, 3.8) is 0 Å². The molecule has 122 valence electrons. The largest absolute Gasteiger partial charge is 0.464 e. The number of anilines is 1. The summed E-state index contributed by atoms with van der Waals surface area (Å²) in [4.78, 5) is 25.6. The molecule has 1 aromatic carbocycles. The molecule has 1 aromatic heterocycles. The van der Waals surface area contributed by atoms with Gasteiger partial charge in [0.05, 0.1) is 18.5 Å². The number of rotatable bonds is 7. The Labute approximate surface area is 135 Å². The first-order valence-corrected chi connectivity index (χ1v) is 7.58. The number of hydrogen-bond donors (Lipinski definition) is 0. The molecule has 0 saturated carbocycles. The predicted octanol–water partition coefficient (Wildman–Crippen LogP) is 1.83. The van der Waals surface area contributed by atoms with Crippen LogP contribution in [-0.2, 0) is 22.6 Å². The molecule has 0 saturated heterocycles. The van der Waals surface area contributed by atoms with Gasteiger partial charge in [-0.25, -0.2) is 4.68 Å². The predicted molar refractivity (Wildman–Crippen MR) is 88.3 cm³/mol.